The van der Waals surface area contributed by atoms with Gasteiger partial charge >= 0.3 is 6.18 Å². The predicted molar refractivity (Wildman–Crippen MR) is 77.6 cm³/mol. The first-order valence-electron chi connectivity index (χ1n) is 6.81. The fourth-order valence-corrected chi connectivity index (χ4v) is 4.02. The first-order valence-corrected chi connectivity index (χ1v) is 8.63. The molecule has 1 atom stereocenters. The third-order valence-corrected chi connectivity index (χ3v) is 5.29. The molecule has 1 aliphatic rings. The minimum absolute atomic E-state index is 0.0163. The van der Waals surface area contributed by atoms with Gasteiger partial charge in [0.05, 0.1) is 17.2 Å². The van der Waals surface area contributed by atoms with Gasteiger partial charge in [-0.25, -0.2) is 13.4 Å². The van der Waals surface area contributed by atoms with E-state index in [4.69, 9.17) is 0 Å². The molecule has 0 aromatic carbocycles. The number of amides is 1. The summed E-state index contributed by atoms with van der Waals surface area (Å²) in [6.07, 6.45) is -3.91. The predicted octanol–water partition coefficient (Wildman–Crippen LogP) is 1.16. The van der Waals surface area contributed by atoms with Crippen molar-refractivity contribution in [3.8, 4) is 0 Å². The molecular weight excluding hydrogens is 335 g/mol. The summed E-state index contributed by atoms with van der Waals surface area (Å²) >= 11 is 0. The summed E-state index contributed by atoms with van der Waals surface area (Å²) in [5.74, 6) is -0.851. The second-order valence-electron chi connectivity index (χ2n) is 5.40. The quantitative estimate of drug-likeness (QED) is 0.884. The van der Waals surface area contributed by atoms with Crippen molar-refractivity contribution in [1.82, 2.24) is 9.88 Å². The summed E-state index contributed by atoms with van der Waals surface area (Å²) < 4.78 is 61.7. The van der Waals surface area contributed by atoms with E-state index in [0.717, 1.165) is 12.3 Å². The summed E-state index contributed by atoms with van der Waals surface area (Å²) in [6, 6.07) is 1.83. The molecule has 1 N–H and O–H groups in total. The third-order valence-electron chi connectivity index (χ3n) is 3.60. The molecule has 10 heteroatoms. The van der Waals surface area contributed by atoms with E-state index in [1.54, 1.807) is 11.9 Å². The molecule has 1 unspecified atom stereocenters. The zero-order valence-electron chi connectivity index (χ0n) is 12.3. The zero-order chi connectivity index (χ0) is 17.3. The number of halogens is 3. The van der Waals surface area contributed by atoms with Crippen LogP contribution in [0.2, 0.25) is 0 Å². The lowest BCUT2D eigenvalue weighted by atomic mass is 10.2. The van der Waals surface area contributed by atoms with Crippen molar-refractivity contribution in [1.29, 1.82) is 0 Å². The fourth-order valence-electron chi connectivity index (χ4n) is 2.33. The van der Waals surface area contributed by atoms with Gasteiger partial charge in [0.1, 0.15) is 0 Å². The normalized spacial score (nSPS) is 21.8. The Morgan fingerprint density at radius 3 is 2.83 bits per heavy atom. The van der Waals surface area contributed by atoms with Crippen molar-refractivity contribution in [3.63, 3.8) is 0 Å². The number of alkyl halides is 3. The first kappa shape index (κ1) is 17.7. The molecule has 0 saturated carbocycles. The highest BCUT2D eigenvalue weighted by Gasteiger charge is 2.36. The molecule has 1 amide bonds. The largest absolute Gasteiger partial charge is 0.435 e. The van der Waals surface area contributed by atoms with Crippen molar-refractivity contribution < 1.29 is 26.4 Å². The van der Waals surface area contributed by atoms with E-state index in [2.05, 4.69) is 10.3 Å². The molecule has 1 fully saturated rings. The summed E-state index contributed by atoms with van der Waals surface area (Å²) in [7, 11) is -1.55. The van der Waals surface area contributed by atoms with Crippen LogP contribution in [0.5, 0.6) is 0 Å². The van der Waals surface area contributed by atoms with Crippen LogP contribution in [0.3, 0.4) is 0 Å². The van der Waals surface area contributed by atoms with E-state index < -0.39 is 39.3 Å². The molecule has 23 heavy (non-hydrogen) atoms. The maximum Gasteiger partial charge on any atom is 0.435 e. The van der Waals surface area contributed by atoms with E-state index in [-0.39, 0.29) is 17.9 Å². The number of anilines is 1. The Morgan fingerprint density at radius 2 is 2.17 bits per heavy atom. The van der Waals surface area contributed by atoms with Crippen molar-refractivity contribution in [2.75, 3.05) is 30.4 Å². The van der Waals surface area contributed by atoms with Gasteiger partial charge in [0.25, 0.3) is 0 Å². The Labute approximate surface area is 131 Å². The summed E-state index contributed by atoms with van der Waals surface area (Å²) in [6.45, 7) is 0.293. The van der Waals surface area contributed by atoms with Crippen LogP contribution >= 0.6 is 0 Å². The van der Waals surface area contributed by atoms with Crippen LogP contribution in [0.25, 0.3) is 0 Å². The van der Waals surface area contributed by atoms with Crippen molar-refractivity contribution in [2.45, 2.75) is 18.6 Å². The number of carbonyl (C=O) groups is 1. The average Bonchev–Trinajstić information content (AvgIpc) is 2.42. The van der Waals surface area contributed by atoms with Gasteiger partial charge in [0, 0.05) is 25.2 Å². The molecule has 6 nitrogen and oxygen atoms in total. The van der Waals surface area contributed by atoms with Gasteiger partial charge in [-0.3, -0.25) is 4.79 Å². The number of nitrogens with one attached hydrogen (secondary N) is 1. The van der Waals surface area contributed by atoms with Gasteiger partial charge < -0.3 is 10.2 Å². The highest BCUT2D eigenvalue weighted by Crippen LogP contribution is 2.32. The lowest BCUT2D eigenvalue weighted by Crippen LogP contribution is -2.47. The van der Waals surface area contributed by atoms with Crippen molar-refractivity contribution >= 4 is 21.4 Å². The van der Waals surface area contributed by atoms with Crippen LogP contribution in [-0.2, 0) is 20.8 Å². The number of aromatic nitrogens is 1. The highest BCUT2D eigenvalue weighted by atomic mass is 32.2. The van der Waals surface area contributed by atoms with Crippen LogP contribution in [0, 0.1) is 0 Å². The van der Waals surface area contributed by atoms with Crippen molar-refractivity contribution in [3.05, 3.63) is 24.0 Å². The van der Waals surface area contributed by atoms with Crippen LogP contribution in [0.1, 0.15) is 12.1 Å². The summed E-state index contributed by atoms with van der Waals surface area (Å²) in [4.78, 5) is 16.9. The first-order chi connectivity index (χ1) is 10.6. The lowest BCUT2D eigenvalue weighted by molar-refractivity contribution is -0.140. The van der Waals surface area contributed by atoms with Crippen LogP contribution in [0.15, 0.2) is 18.3 Å². The third kappa shape index (κ3) is 4.64. The van der Waals surface area contributed by atoms with E-state index in [1.807, 2.05) is 0 Å². The van der Waals surface area contributed by atoms with Crippen LogP contribution in [0.4, 0.5) is 18.9 Å². The molecule has 1 aromatic rings. The highest BCUT2D eigenvalue weighted by molar-refractivity contribution is 7.91. The molecule has 0 radical (unpaired) electrons. The minimum atomic E-state index is -4.69. The molecule has 0 spiro atoms. The molecular formula is C13H16F3N3O3S. The molecule has 1 saturated heterocycles. The van der Waals surface area contributed by atoms with E-state index >= 15 is 0 Å². The maximum absolute atomic E-state index is 12.8. The van der Waals surface area contributed by atoms with Gasteiger partial charge in [0.15, 0.2) is 15.5 Å². The zero-order valence-corrected chi connectivity index (χ0v) is 13.1. The average molecular weight is 351 g/mol. The second-order valence-corrected chi connectivity index (χ2v) is 7.63. The standard InChI is InChI=1S/C13H16F3N3O3S/c1-19-5-6-23(21,22)8-9(19)7-11(20)18-10-3-2-4-17-12(10)13(14,15)16/h2-4,9H,5-8H2,1H3,(H,18,20). The molecule has 0 bridgehead atoms. The second kappa shape index (κ2) is 6.44. The monoisotopic (exact) mass is 351 g/mol. The van der Waals surface area contributed by atoms with Gasteiger partial charge in [-0.2, -0.15) is 13.2 Å². The molecule has 1 aromatic heterocycles. The Hall–Kier alpha value is -1.68. The molecule has 1 aliphatic heterocycles. The molecule has 2 heterocycles. The van der Waals surface area contributed by atoms with E-state index in [1.165, 1.54) is 6.07 Å². The lowest BCUT2D eigenvalue weighted by Gasteiger charge is -2.31. The van der Waals surface area contributed by atoms with Crippen LogP contribution in [-0.4, -0.2) is 55.3 Å². The summed E-state index contributed by atoms with van der Waals surface area (Å²) in [5, 5.41) is 2.17. The number of nitrogens with zero attached hydrogens (tertiary/aromatic N) is 2. The Bertz CT molecular complexity index is 691. The SMILES string of the molecule is CN1CCS(=O)(=O)CC1CC(=O)Nc1cccnc1C(F)(F)F. The summed E-state index contributed by atoms with van der Waals surface area (Å²) in [5.41, 5.74) is -1.62. The number of hydrogen-bond acceptors (Lipinski definition) is 5. The minimum Gasteiger partial charge on any atom is -0.324 e. The molecule has 0 aliphatic carbocycles. The van der Waals surface area contributed by atoms with Gasteiger partial charge in [-0.15, -0.1) is 0 Å². The number of rotatable bonds is 3. The number of pyridine rings is 1. The van der Waals surface area contributed by atoms with Crippen LogP contribution < -0.4 is 5.32 Å². The van der Waals surface area contributed by atoms with Gasteiger partial charge in [-0.05, 0) is 19.2 Å². The Morgan fingerprint density at radius 1 is 1.48 bits per heavy atom. The topological polar surface area (TPSA) is 79.4 Å². The smallest absolute Gasteiger partial charge is 0.324 e. The Balaban J connectivity index is 2.09. The van der Waals surface area contributed by atoms with E-state index in [9.17, 15) is 26.4 Å². The van der Waals surface area contributed by atoms with Crippen molar-refractivity contribution in [2.24, 2.45) is 0 Å². The van der Waals surface area contributed by atoms with Gasteiger partial charge in [0.2, 0.25) is 5.91 Å². The fraction of sp³-hybridized carbons (Fsp3) is 0.538. The number of carbonyl (C=O) groups excluding carboxylic acids is 1. The maximum atomic E-state index is 12.8. The number of sulfone groups is 1. The van der Waals surface area contributed by atoms with Gasteiger partial charge in [-0.1, -0.05) is 0 Å². The van der Waals surface area contributed by atoms with E-state index in [0.29, 0.717) is 6.54 Å². The molecule has 2 rings (SSSR count). The Kier molecular flexibility index (Phi) is 4.95. The number of hydrogen-bond donors (Lipinski definition) is 1. The molecule has 128 valence electrons.